The van der Waals surface area contributed by atoms with Crippen LogP contribution in [0.2, 0.25) is 19.6 Å². The molecule has 15 heavy (non-hydrogen) atoms. The molecule has 7 heteroatoms. The van der Waals surface area contributed by atoms with Crippen LogP contribution in [0, 0.1) is 0 Å². The van der Waals surface area contributed by atoms with Gasteiger partial charge in [-0.3, -0.25) is 4.66 Å². The van der Waals surface area contributed by atoms with E-state index in [9.17, 15) is 13.2 Å². The quantitative estimate of drug-likeness (QED) is 0.332. The molecular weight excluding hydrogens is 243 g/mol. The molecule has 0 aromatic heterocycles. The smallest absolute Gasteiger partial charge is 0.402 e. The average molecular weight is 259 g/mol. The van der Waals surface area contributed by atoms with Crippen LogP contribution in [0.15, 0.2) is 4.66 Å². The van der Waals surface area contributed by atoms with Gasteiger partial charge in [0.25, 0.3) is 5.90 Å². The van der Waals surface area contributed by atoms with Crippen molar-refractivity contribution in [1.82, 2.24) is 0 Å². The summed E-state index contributed by atoms with van der Waals surface area (Å²) in [6.45, 7) is 8.69. The largest absolute Gasteiger partial charge is 0.468 e. The standard InChI is InChI=1S/C8H16F3NOSSi/c1-6(2)14-13-7(8(9,10)11)12-15(3,4)5/h6H,1-5H3. The molecule has 0 rings (SSSR count). The third-order valence-corrected chi connectivity index (χ3v) is 2.51. The van der Waals surface area contributed by atoms with E-state index in [4.69, 9.17) is 0 Å². The maximum Gasteiger partial charge on any atom is 0.468 e. The fourth-order valence-corrected chi connectivity index (χ4v) is 1.84. The van der Waals surface area contributed by atoms with Crippen LogP contribution in [0.25, 0.3) is 0 Å². The number of hydrogen-bond donors (Lipinski definition) is 0. The van der Waals surface area contributed by atoms with Crippen LogP contribution in [-0.4, -0.2) is 25.6 Å². The Morgan fingerprint density at radius 1 is 1.27 bits per heavy atom. The molecule has 0 aliphatic heterocycles. The molecule has 0 aromatic carbocycles. The number of nitrogens with zero attached hydrogens (tertiary/aromatic N) is 1. The van der Waals surface area contributed by atoms with Gasteiger partial charge in [0.05, 0.1) is 12.0 Å². The first-order chi connectivity index (χ1) is 6.52. The van der Waals surface area contributed by atoms with E-state index in [0.717, 1.165) is 12.0 Å². The van der Waals surface area contributed by atoms with Crippen molar-refractivity contribution in [2.24, 2.45) is 4.66 Å². The molecule has 0 unspecified atom stereocenters. The first kappa shape index (κ1) is 14.8. The van der Waals surface area contributed by atoms with E-state index < -0.39 is 20.3 Å². The van der Waals surface area contributed by atoms with Gasteiger partial charge >= 0.3 is 6.18 Å². The zero-order valence-corrected chi connectivity index (χ0v) is 11.3. The third kappa shape index (κ3) is 7.72. The normalized spacial score (nSPS) is 14.6. The Labute approximate surface area is 93.6 Å². The predicted molar refractivity (Wildman–Crippen MR) is 60.6 cm³/mol. The van der Waals surface area contributed by atoms with Gasteiger partial charge in [0, 0.05) is 5.25 Å². The highest BCUT2D eigenvalue weighted by atomic mass is 32.2. The van der Waals surface area contributed by atoms with E-state index in [1.54, 1.807) is 33.5 Å². The summed E-state index contributed by atoms with van der Waals surface area (Å²) in [5.74, 6) is -1.11. The molecule has 2 nitrogen and oxygen atoms in total. The summed E-state index contributed by atoms with van der Waals surface area (Å²) >= 11 is 0.778. The van der Waals surface area contributed by atoms with Crippen LogP contribution in [0.5, 0.6) is 0 Å². The minimum Gasteiger partial charge on any atom is -0.402 e. The fourth-order valence-electron chi connectivity index (χ4n) is 0.576. The van der Waals surface area contributed by atoms with Crippen LogP contribution in [0.1, 0.15) is 13.8 Å². The van der Waals surface area contributed by atoms with Crippen LogP contribution in [0.4, 0.5) is 13.2 Å². The molecule has 0 radical (unpaired) electrons. The lowest BCUT2D eigenvalue weighted by molar-refractivity contribution is -0.0697. The molecule has 0 bridgehead atoms. The molecular formula is C8H16F3NOSSi. The zero-order chi connectivity index (χ0) is 12.3. The highest BCUT2D eigenvalue weighted by molar-refractivity contribution is 7.95. The van der Waals surface area contributed by atoms with E-state index in [2.05, 4.69) is 8.84 Å². The second-order valence-electron chi connectivity index (χ2n) is 4.31. The summed E-state index contributed by atoms with van der Waals surface area (Å²) in [6, 6.07) is 0. The van der Waals surface area contributed by atoms with E-state index in [1.165, 1.54) is 0 Å². The van der Waals surface area contributed by atoms with Gasteiger partial charge in [-0.15, -0.1) is 0 Å². The Balaban J connectivity index is 4.69. The van der Waals surface area contributed by atoms with E-state index >= 15 is 0 Å². The highest BCUT2D eigenvalue weighted by Gasteiger charge is 2.40. The van der Waals surface area contributed by atoms with Crippen molar-refractivity contribution < 1.29 is 17.4 Å². The Bertz CT molecular complexity index is 235. The zero-order valence-electron chi connectivity index (χ0n) is 9.47. The highest BCUT2D eigenvalue weighted by Crippen LogP contribution is 2.25. The molecule has 0 aliphatic rings. The Morgan fingerprint density at radius 2 is 1.73 bits per heavy atom. The Morgan fingerprint density at radius 3 is 2.00 bits per heavy atom. The summed E-state index contributed by atoms with van der Waals surface area (Å²) in [4.78, 5) is 0. The van der Waals surface area contributed by atoms with Crippen LogP contribution in [-0.2, 0) is 4.18 Å². The summed E-state index contributed by atoms with van der Waals surface area (Å²) < 4.78 is 45.6. The van der Waals surface area contributed by atoms with Crippen molar-refractivity contribution in [3.63, 3.8) is 0 Å². The molecule has 0 aliphatic carbocycles. The predicted octanol–water partition coefficient (Wildman–Crippen LogP) is 3.86. The minimum atomic E-state index is -4.50. The first-order valence-electron chi connectivity index (χ1n) is 4.53. The SMILES string of the molecule is CC(C)SOC(=N[Si](C)(C)C)C(F)(F)F. The van der Waals surface area contributed by atoms with Gasteiger partial charge < -0.3 is 4.18 Å². The second-order valence-corrected chi connectivity index (χ2v) is 10.2. The van der Waals surface area contributed by atoms with Gasteiger partial charge in [-0.25, -0.2) is 0 Å². The van der Waals surface area contributed by atoms with E-state index in [1.807, 2.05) is 0 Å². The molecule has 0 aromatic rings. The van der Waals surface area contributed by atoms with Crippen LogP contribution < -0.4 is 0 Å². The second kappa shape index (κ2) is 5.24. The van der Waals surface area contributed by atoms with E-state index in [-0.39, 0.29) is 5.25 Å². The molecule has 0 atom stereocenters. The van der Waals surface area contributed by atoms with Crippen molar-refractivity contribution in [2.45, 2.75) is 44.9 Å². The van der Waals surface area contributed by atoms with E-state index in [0.29, 0.717) is 0 Å². The average Bonchev–Trinajstić information content (AvgIpc) is 1.93. The van der Waals surface area contributed by atoms with Crippen LogP contribution >= 0.6 is 12.0 Å². The third-order valence-electron chi connectivity index (χ3n) is 0.999. The number of alkyl halides is 3. The molecule has 90 valence electrons. The van der Waals surface area contributed by atoms with Crippen molar-refractivity contribution in [2.75, 3.05) is 0 Å². The minimum absolute atomic E-state index is 0.0285. The van der Waals surface area contributed by atoms with Gasteiger partial charge in [0.15, 0.2) is 8.24 Å². The van der Waals surface area contributed by atoms with Gasteiger partial charge in [0.2, 0.25) is 0 Å². The monoisotopic (exact) mass is 259 g/mol. The summed E-state index contributed by atoms with van der Waals surface area (Å²) in [6.07, 6.45) is -4.50. The molecule has 0 spiro atoms. The van der Waals surface area contributed by atoms with Crippen molar-refractivity contribution in [3.8, 4) is 0 Å². The summed E-state index contributed by atoms with van der Waals surface area (Å²) in [7, 11) is -2.17. The Hall–Kier alpha value is -0.173. The first-order valence-corrected chi connectivity index (χ1v) is 8.78. The van der Waals surface area contributed by atoms with Gasteiger partial charge in [0.1, 0.15) is 0 Å². The van der Waals surface area contributed by atoms with Crippen molar-refractivity contribution in [3.05, 3.63) is 0 Å². The van der Waals surface area contributed by atoms with Gasteiger partial charge in [-0.05, 0) is 19.6 Å². The Kier molecular flexibility index (Phi) is 5.18. The van der Waals surface area contributed by atoms with Crippen LogP contribution in [0.3, 0.4) is 0 Å². The molecule has 0 saturated heterocycles. The maximum atomic E-state index is 12.5. The molecule has 0 heterocycles. The lowest BCUT2D eigenvalue weighted by atomic mass is 10.6. The van der Waals surface area contributed by atoms with Crippen molar-refractivity contribution >= 4 is 26.2 Å². The summed E-state index contributed by atoms with van der Waals surface area (Å²) in [5.41, 5.74) is 0. The lowest BCUT2D eigenvalue weighted by Crippen LogP contribution is -2.30. The number of rotatable bonds is 3. The topological polar surface area (TPSA) is 21.6 Å². The summed E-state index contributed by atoms with van der Waals surface area (Å²) in [5, 5.41) is -0.0285. The maximum absolute atomic E-state index is 12.5. The molecule has 0 N–H and O–H groups in total. The molecule has 0 saturated carbocycles. The molecule has 0 fully saturated rings. The van der Waals surface area contributed by atoms with Gasteiger partial charge in [-0.1, -0.05) is 13.8 Å². The number of hydrogen-bond acceptors (Lipinski definition) is 3. The molecule has 0 amide bonds. The van der Waals surface area contributed by atoms with Crippen molar-refractivity contribution in [1.29, 1.82) is 0 Å². The number of halogens is 3. The lowest BCUT2D eigenvalue weighted by Gasteiger charge is -2.16. The van der Waals surface area contributed by atoms with Gasteiger partial charge in [-0.2, -0.15) is 13.2 Å². The fraction of sp³-hybridized carbons (Fsp3) is 0.875.